The van der Waals surface area contributed by atoms with Gasteiger partial charge in [-0.3, -0.25) is 0 Å². The quantitative estimate of drug-likeness (QED) is 0.445. The van der Waals surface area contributed by atoms with Gasteiger partial charge in [-0.1, -0.05) is 0 Å². The van der Waals surface area contributed by atoms with Crippen LogP contribution in [0, 0.1) is 4.91 Å². The van der Waals surface area contributed by atoms with Gasteiger partial charge in [0.2, 0.25) is 0 Å². The van der Waals surface area contributed by atoms with Crippen molar-refractivity contribution in [1.29, 1.82) is 0 Å². The molecule has 5 heavy (non-hydrogen) atoms. The maximum Gasteiger partial charge on any atom is 0.472 e. The minimum Gasteiger partial charge on any atom is -0.201 e. The third kappa shape index (κ3) is 1250. The predicted octanol–water partition coefficient (Wildman–Crippen LogP) is -0.837. The first kappa shape index (κ1) is 8.93. The Balaban J connectivity index is 0. The van der Waals surface area contributed by atoms with E-state index in [4.69, 9.17) is 15.3 Å². The molecular weight excluding hydrogens is 266 g/mol. The molecule has 2 N–H and O–H groups in total. The Morgan fingerprint density at radius 2 is 1.40 bits per heavy atom. The van der Waals surface area contributed by atoms with Crippen LogP contribution in [0.4, 0.5) is 0 Å². The van der Waals surface area contributed by atoms with E-state index in [-0.39, 0.29) is 27.3 Å². The van der Waals surface area contributed by atoms with Gasteiger partial charge < -0.3 is 0 Å². The van der Waals surface area contributed by atoms with E-state index in [1.807, 2.05) is 0 Å². The Morgan fingerprint density at radius 1 is 1.40 bits per heavy atom. The fraction of sp³-hybridized carbons (Fsp3) is 0. The molecule has 4 nitrogen and oxygen atoms in total. The van der Waals surface area contributed by atoms with Crippen LogP contribution >= 0.6 is 0 Å². The largest absolute Gasteiger partial charge is 0.472 e. The van der Waals surface area contributed by atoms with Crippen LogP contribution in [-0.4, -0.2) is 42.8 Å². The molecule has 0 aromatic carbocycles. The maximum absolute atomic E-state index is 8.47. The second kappa shape index (κ2) is 4.12. The summed E-state index contributed by atoms with van der Waals surface area (Å²) >= 11 is 0. The van der Waals surface area contributed by atoms with Crippen molar-refractivity contribution in [3.8, 4) is 0 Å². The van der Waals surface area contributed by atoms with E-state index in [0.29, 0.717) is 0 Å². The SMILES string of the molecule is O=[N+](O)O.[Tl]. The van der Waals surface area contributed by atoms with Gasteiger partial charge in [0.1, 0.15) is 4.91 Å². The average molecular weight is 268 g/mol. The molecule has 0 fully saturated rings. The van der Waals surface area contributed by atoms with Gasteiger partial charge in [0.25, 0.3) is 0 Å². The third-order valence-electron chi connectivity index (χ3n) is 0. The average Bonchev–Trinajstić information content (AvgIpc) is 0.811. The van der Waals surface area contributed by atoms with Crippen LogP contribution in [0.1, 0.15) is 0 Å². The Kier molecular flexibility index (Phi) is 7.36. The summed E-state index contributed by atoms with van der Waals surface area (Å²) in [5.41, 5.74) is 0. The summed E-state index contributed by atoms with van der Waals surface area (Å²) in [6.07, 6.45) is 0. The molecule has 0 rings (SSSR count). The molecular formula is H2NO3Tl+. The Bertz CT molecular complexity index is 29.9. The fourth-order valence-corrected chi connectivity index (χ4v) is 0. The molecule has 0 saturated heterocycles. The minimum atomic E-state index is -1.25. The van der Waals surface area contributed by atoms with Gasteiger partial charge in [0, 0.05) is 27.3 Å². The van der Waals surface area contributed by atoms with E-state index in [1.165, 1.54) is 0 Å². The van der Waals surface area contributed by atoms with Crippen molar-refractivity contribution in [3.05, 3.63) is 4.91 Å². The second-order valence-electron chi connectivity index (χ2n) is 0.253. The van der Waals surface area contributed by atoms with Gasteiger partial charge in [0.15, 0.2) is 0 Å². The number of hydrogen-bond acceptors (Lipinski definition) is 1. The van der Waals surface area contributed by atoms with Crippen LogP contribution < -0.4 is 0 Å². The van der Waals surface area contributed by atoms with Gasteiger partial charge in [-0.05, 0) is 0 Å². The monoisotopic (exact) mass is 269 g/mol. The first-order valence-corrected chi connectivity index (χ1v) is 0.583. The van der Waals surface area contributed by atoms with E-state index in [2.05, 4.69) is 0 Å². The van der Waals surface area contributed by atoms with E-state index < -0.39 is 5.09 Å². The summed E-state index contributed by atoms with van der Waals surface area (Å²) in [5, 5.41) is 12.5. The smallest absolute Gasteiger partial charge is 0.201 e. The van der Waals surface area contributed by atoms with E-state index in [1.54, 1.807) is 0 Å². The van der Waals surface area contributed by atoms with E-state index >= 15 is 0 Å². The Morgan fingerprint density at radius 3 is 1.40 bits per heavy atom. The van der Waals surface area contributed by atoms with Crippen LogP contribution in [0.5, 0.6) is 0 Å². The van der Waals surface area contributed by atoms with Crippen molar-refractivity contribution < 1.29 is 15.5 Å². The second-order valence-corrected chi connectivity index (χ2v) is 0.253. The summed E-state index contributed by atoms with van der Waals surface area (Å²) in [7, 11) is 0. The van der Waals surface area contributed by atoms with Crippen LogP contribution in [0.3, 0.4) is 0 Å². The van der Waals surface area contributed by atoms with Crippen molar-refractivity contribution in [1.82, 2.24) is 0 Å². The first-order chi connectivity index (χ1) is 1.73. The number of nitrogens with zero attached hydrogens (tertiary/aromatic N) is 1. The zero-order valence-corrected chi connectivity index (χ0v) is 6.82. The third-order valence-corrected chi connectivity index (χ3v) is 0. The van der Waals surface area contributed by atoms with Gasteiger partial charge in [-0.25, -0.2) is 10.4 Å². The van der Waals surface area contributed by atoms with Crippen LogP contribution in [0.25, 0.3) is 0 Å². The molecule has 0 aromatic heterocycles. The van der Waals surface area contributed by atoms with Crippen LogP contribution in [0.15, 0.2) is 0 Å². The number of rotatable bonds is 0. The predicted molar refractivity (Wildman–Crippen MR) is 13.0 cm³/mol. The Hall–Kier alpha value is 0.122. The maximum atomic E-state index is 8.47. The molecule has 0 unspecified atom stereocenters. The fourth-order valence-electron chi connectivity index (χ4n) is 0. The van der Waals surface area contributed by atoms with Crippen molar-refractivity contribution in [2.75, 3.05) is 0 Å². The number of hydrogen-bond donors (Lipinski definition) is 2. The van der Waals surface area contributed by atoms with Crippen LogP contribution in [-0.2, 0) is 0 Å². The molecule has 0 aromatic rings. The molecule has 5 heteroatoms. The molecule has 0 heterocycles. The molecule has 27 valence electrons. The van der Waals surface area contributed by atoms with Crippen molar-refractivity contribution in [2.24, 2.45) is 0 Å². The van der Waals surface area contributed by atoms with Crippen molar-refractivity contribution in [2.45, 2.75) is 0 Å². The van der Waals surface area contributed by atoms with Gasteiger partial charge in [0.05, 0.1) is 0 Å². The minimum absolute atomic E-state index is 0. The summed E-state index contributed by atoms with van der Waals surface area (Å²) in [5.74, 6) is 0. The molecule has 0 aliphatic heterocycles. The topological polar surface area (TPSA) is 60.5 Å². The molecule has 0 aliphatic rings. The summed E-state index contributed by atoms with van der Waals surface area (Å²) in [4.78, 5) is 8.47. The molecule has 0 bridgehead atoms. The summed E-state index contributed by atoms with van der Waals surface area (Å²) in [6, 6.07) is 0. The first-order valence-electron chi connectivity index (χ1n) is 0.583. The Labute approximate surface area is 48.1 Å². The molecule has 0 atom stereocenters. The van der Waals surface area contributed by atoms with Gasteiger partial charge in [-0.15, -0.1) is 0 Å². The van der Waals surface area contributed by atoms with Gasteiger partial charge >= 0.3 is 5.09 Å². The van der Waals surface area contributed by atoms with Gasteiger partial charge in [-0.2, -0.15) is 0 Å². The van der Waals surface area contributed by atoms with Crippen LogP contribution in [0.2, 0.25) is 0 Å². The zero-order chi connectivity index (χ0) is 3.58. The summed E-state index contributed by atoms with van der Waals surface area (Å²) < 4.78 is 0. The summed E-state index contributed by atoms with van der Waals surface area (Å²) in [6.45, 7) is 0. The van der Waals surface area contributed by atoms with Crippen molar-refractivity contribution >= 4 is 27.3 Å². The van der Waals surface area contributed by atoms with Crippen molar-refractivity contribution in [3.63, 3.8) is 0 Å². The molecule has 0 amide bonds. The molecule has 0 saturated carbocycles. The molecule has 0 spiro atoms. The normalized spacial score (nSPS) is 4.80. The molecule has 0 aliphatic carbocycles. The standard InChI is InChI=1S/H2NO3.Tl/c2-1(3)4;/h(H2,2,3,4);/q+1;. The molecule has 1 radical (unpaired) electrons. The zero-order valence-electron chi connectivity index (χ0n) is 2.33. The van der Waals surface area contributed by atoms with E-state index in [0.717, 1.165) is 0 Å². The van der Waals surface area contributed by atoms with E-state index in [9.17, 15) is 0 Å².